The first-order valence-corrected chi connectivity index (χ1v) is 12.2. The maximum Gasteiger partial charge on any atom is 0.289 e. The quantitative estimate of drug-likeness (QED) is 0.325. The molecule has 0 bridgehead atoms. The summed E-state index contributed by atoms with van der Waals surface area (Å²) >= 11 is 0. The number of amides is 2. The highest BCUT2D eigenvalue weighted by Crippen LogP contribution is 2.29. The van der Waals surface area contributed by atoms with Crippen LogP contribution >= 0.6 is 0 Å². The average molecular weight is 497 g/mol. The van der Waals surface area contributed by atoms with Crippen LogP contribution in [-0.4, -0.2) is 38.2 Å². The first-order valence-electron chi connectivity index (χ1n) is 10.7. The van der Waals surface area contributed by atoms with E-state index in [9.17, 15) is 28.1 Å². The van der Waals surface area contributed by atoms with Crippen molar-refractivity contribution in [2.45, 2.75) is 18.2 Å². The number of nitrogens with one attached hydrogen (secondary N) is 2. The van der Waals surface area contributed by atoms with E-state index in [1.54, 1.807) is 36.4 Å². The molecule has 0 aliphatic carbocycles. The first-order chi connectivity index (χ1) is 16.8. The largest absolute Gasteiger partial charge is 0.352 e. The Labute approximate surface area is 202 Å². The molecule has 0 saturated carbocycles. The van der Waals surface area contributed by atoms with Gasteiger partial charge in [-0.15, -0.1) is 0 Å². The van der Waals surface area contributed by atoms with E-state index < -0.39 is 38.0 Å². The van der Waals surface area contributed by atoms with Gasteiger partial charge in [0.1, 0.15) is 6.54 Å². The van der Waals surface area contributed by atoms with E-state index in [-0.39, 0.29) is 22.8 Å². The highest BCUT2D eigenvalue weighted by atomic mass is 32.2. The minimum atomic E-state index is -4.50. The number of para-hydroxylation sites is 3. The lowest BCUT2D eigenvalue weighted by Gasteiger charge is -2.24. The topological polar surface area (TPSA) is 139 Å². The van der Waals surface area contributed by atoms with Crippen LogP contribution in [0, 0.1) is 10.1 Å². The van der Waals surface area contributed by atoms with Crippen molar-refractivity contribution in [3.8, 4) is 0 Å². The van der Waals surface area contributed by atoms with Crippen molar-refractivity contribution in [1.82, 2.24) is 5.32 Å². The second kappa shape index (κ2) is 11.3. The molecule has 0 unspecified atom stereocenters. The fourth-order valence-corrected chi connectivity index (χ4v) is 4.88. The van der Waals surface area contributed by atoms with E-state index >= 15 is 0 Å². The van der Waals surface area contributed by atoms with Crippen molar-refractivity contribution >= 4 is 38.9 Å². The van der Waals surface area contributed by atoms with Gasteiger partial charge in [-0.3, -0.25) is 24.0 Å². The lowest BCUT2D eigenvalue weighted by atomic mass is 10.1. The number of benzene rings is 3. The molecule has 11 heteroatoms. The summed E-state index contributed by atoms with van der Waals surface area (Å²) in [6.45, 7) is 1.68. The zero-order valence-electron chi connectivity index (χ0n) is 18.9. The lowest BCUT2D eigenvalue weighted by Crippen LogP contribution is -2.38. The number of hydrogen-bond acceptors (Lipinski definition) is 6. The minimum Gasteiger partial charge on any atom is -0.352 e. The summed E-state index contributed by atoms with van der Waals surface area (Å²) in [5.41, 5.74) is -0.0223. The summed E-state index contributed by atoms with van der Waals surface area (Å²) in [5.74, 6) is -1.11. The number of rotatable bonds is 10. The van der Waals surface area contributed by atoms with Crippen LogP contribution in [0.2, 0.25) is 0 Å². The zero-order chi connectivity index (χ0) is 25.4. The second-order valence-corrected chi connectivity index (χ2v) is 9.25. The number of nitro benzene ring substituents is 1. The zero-order valence-corrected chi connectivity index (χ0v) is 19.7. The van der Waals surface area contributed by atoms with Crippen LogP contribution in [0.25, 0.3) is 0 Å². The summed E-state index contributed by atoms with van der Waals surface area (Å²) in [7, 11) is -4.50. The summed E-state index contributed by atoms with van der Waals surface area (Å²) in [6.07, 6.45) is 0.732. The number of carbonyl (C=O) groups is 2. The molecule has 3 rings (SSSR count). The molecule has 3 aromatic carbocycles. The molecule has 0 fully saturated rings. The third-order valence-electron chi connectivity index (χ3n) is 4.94. The number of carbonyl (C=O) groups excluding carboxylic acids is 2. The molecule has 0 saturated heterocycles. The SMILES string of the molecule is CCCNC(=O)c1ccccc1NC(=O)CN(c1ccccc1)S(=O)(=O)c1ccccc1[N+](=O)[O-]. The molecule has 0 aliphatic heterocycles. The Morgan fingerprint density at radius 1 is 0.943 bits per heavy atom. The lowest BCUT2D eigenvalue weighted by molar-refractivity contribution is -0.387. The van der Waals surface area contributed by atoms with Crippen LogP contribution in [0.4, 0.5) is 17.1 Å². The van der Waals surface area contributed by atoms with Gasteiger partial charge in [0.05, 0.1) is 21.9 Å². The summed E-state index contributed by atoms with van der Waals surface area (Å²) in [4.78, 5) is 35.6. The van der Waals surface area contributed by atoms with E-state index in [4.69, 9.17) is 0 Å². The minimum absolute atomic E-state index is 0.148. The normalized spacial score (nSPS) is 10.9. The van der Waals surface area contributed by atoms with E-state index in [1.807, 2.05) is 6.92 Å². The van der Waals surface area contributed by atoms with Crippen LogP contribution in [-0.2, 0) is 14.8 Å². The molecule has 0 aliphatic rings. The average Bonchev–Trinajstić information content (AvgIpc) is 2.86. The van der Waals surface area contributed by atoms with E-state index in [0.29, 0.717) is 6.54 Å². The monoisotopic (exact) mass is 496 g/mol. The van der Waals surface area contributed by atoms with Gasteiger partial charge < -0.3 is 10.6 Å². The Morgan fingerprint density at radius 3 is 2.26 bits per heavy atom. The predicted octanol–water partition coefficient (Wildman–Crippen LogP) is 3.57. The van der Waals surface area contributed by atoms with Gasteiger partial charge in [0.25, 0.3) is 21.6 Å². The van der Waals surface area contributed by atoms with Crippen molar-refractivity contribution < 1.29 is 22.9 Å². The summed E-state index contributed by atoms with van der Waals surface area (Å²) in [5, 5.41) is 16.8. The van der Waals surface area contributed by atoms with Gasteiger partial charge in [-0.05, 0) is 36.8 Å². The molecule has 0 aromatic heterocycles. The van der Waals surface area contributed by atoms with Crippen molar-refractivity contribution in [2.24, 2.45) is 0 Å². The summed E-state index contributed by atoms with van der Waals surface area (Å²) in [6, 6.07) is 19.1. The van der Waals surface area contributed by atoms with Crippen LogP contribution in [0.15, 0.2) is 83.8 Å². The van der Waals surface area contributed by atoms with Gasteiger partial charge in [0, 0.05) is 12.6 Å². The third-order valence-corrected chi connectivity index (χ3v) is 6.76. The van der Waals surface area contributed by atoms with Crippen molar-refractivity contribution in [3.63, 3.8) is 0 Å². The Bertz CT molecular complexity index is 1330. The highest BCUT2D eigenvalue weighted by molar-refractivity contribution is 7.93. The molecular formula is C24H24N4O6S. The smallest absolute Gasteiger partial charge is 0.289 e. The molecule has 10 nitrogen and oxygen atoms in total. The van der Waals surface area contributed by atoms with Gasteiger partial charge in [-0.1, -0.05) is 49.4 Å². The van der Waals surface area contributed by atoms with Gasteiger partial charge >= 0.3 is 0 Å². The van der Waals surface area contributed by atoms with Crippen LogP contribution in [0.3, 0.4) is 0 Å². The first kappa shape index (κ1) is 25.4. The Kier molecular flexibility index (Phi) is 8.16. The van der Waals surface area contributed by atoms with Gasteiger partial charge in [-0.25, -0.2) is 8.42 Å². The predicted molar refractivity (Wildman–Crippen MR) is 132 cm³/mol. The maximum absolute atomic E-state index is 13.5. The number of nitro groups is 1. The number of hydrogen-bond donors (Lipinski definition) is 2. The molecule has 0 atom stereocenters. The highest BCUT2D eigenvalue weighted by Gasteiger charge is 2.33. The van der Waals surface area contributed by atoms with Gasteiger partial charge in [0.2, 0.25) is 5.91 Å². The van der Waals surface area contributed by atoms with Crippen molar-refractivity contribution in [2.75, 3.05) is 22.7 Å². The Balaban J connectivity index is 1.95. The van der Waals surface area contributed by atoms with Crippen LogP contribution in [0.1, 0.15) is 23.7 Å². The second-order valence-electron chi connectivity index (χ2n) is 7.42. The molecule has 0 radical (unpaired) electrons. The number of sulfonamides is 1. The molecule has 35 heavy (non-hydrogen) atoms. The summed E-state index contributed by atoms with van der Waals surface area (Å²) < 4.78 is 27.8. The molecular weight excluding hydrogens is 472 g/mol. The Hall–Kier alpha value is -4.25. The number of nitrogens with zero attached hydrogens (tertiary/aromatic N) is 2. The fourth-order valence-electron chi connectivity index (χ4n) is 3.30. The van der Waals surface area contributed by atoms with Crippen LogP contribution < -0.4 is 14.9 Å². The van der Waals surface area contributed by atoms with E-state index in [2.05, 4.69) is 10.6 Å². The van der Waals surface area contributed by atoms with E-state index in [1.165, 1.54) is 30.3 Å². The maximum atomic E-state index is 13.5. The third kappa shape index (κ3) is 6.01. The number of anilines is 2. The standard InChI is InChI=1S/C24H24N4O6S/c1-2-16-25-24(30)19-12-6-7-13-20(19)26-23(29)17-27(18-10-4-3-5-11-18)35(33,34)22-15-9-8-14-21(22)28(31)32/h3-15H,2,16-17H2,1H3,(H,25,30)(H,26,29). The molecule has 0 spiro atoms. The van der Waals surface area contributed by atoms with Gasteiger partial charge in [-0.2, -0.15) is 0 Å². The fraction of sp³-hybridized carbons (Fsp3) is 0.167. The molecule has 0 heterocycles. The Morgan fingerprint density at radius 2 is 1.57 bits per heavy atom. The van der Waals surface area contributed by atoms with E-state index in [0.717, 1.165) is 22.9 Å². The van der Waals surface area contributed by atoms with Crippen molar-refractivity contribution in [1.29, 1.82) is 0 Å². The van der Waals surface area contributed by atoms with Gasteiger partial charge in [0.15, 0.2) is 4.90 Å². The molecule has 182 valence electrons. The van der Waals surface area contributed by atoms with Crippen LogP contribution in [0.5, 0.6) is 0 Å². The molecule has 2 amide bonds. The molecule has 3 aromatic rings. The molecule has 2 N–H and O–H groups in total. The van der Waals surface area contributed by atoms with Crippen molar-refractivity contribution in [3.05, 3.63) is 94.5 Å².